The van der Waals surface area contributed by atoms with E-state index in [0.717, 1.165) is 0 Å². The van der Waals surface area contributed by atoms with Gasteiger partial charge in [-0.2, -0.15) is 0 Å². The van der Waals surface area contributed by atoms with E-state index in [-0.39, 0.29) is 5.78 Å². The van der Waals surface area contributed by atoms with Crippen LogP contribution in [0.15, 0.2) is 12.7 Å². The van der Waals surface area contributed by atoms with E-state index in [1.807, 2.05) is 13.8 Å². The summed E-state index contributed by atoms with van der Waals surface area (Å²) in [6.45, 7) is 7.21. The fourth-order valence-electron chi connectivity index (χ4n) is 0.802. The Bertz CT molecular complexity index is 136. The van der Waals surface area contributed by atoms with Crippen molar-refractivity contribution in [1.82, 2.24) is 0 Å². The van der Waals surface area contributed by atoms with Gasteiger partial charge in [0.2, 0.25) is 0 Å². The molecule has 0 aliphatic rings. The second-order valence-electron chi connectivity index (χ2n) is 2.43. The Morgan fingerprint density at radius 1 is 1.60 bits per heavy atom. The summed E-state index contributed by atoms with van der Waals surface area (Å²) in [5.74, 6) is -0.0579. The molecule has 2 nitrogen and oxygen atoms in total. The Morgan fingerprint density at radius 3 is 2.10 bits per heavy atom. The molecule has 0 saturated carbocycles. The van der Waals surface area contributed by atoms with Crippen molar-refractivity contribution in [3.63, 3.8) is 0 Å². The minimum Gasteiger partial charge on any atom is -0.319 e. The number of carbonyl (C=O) groups is 1. The molecule has 0 spiro atoms. The van der Waals surface area contributed by atoms with E-state index in [0.29, 0.717) is 12.8 Å². The quantitative estimate of drug-likeness (QED) is 0.599. The first-order valence-electron chi connectivity index (χ1n) is 3.56. The van der Waals surface area contributed by atoms with Crippen molar-refractivity contribution in [3.05, 3.63) is 12.7 Å². The third kappa shape index (κ3) is 1.67. The van der Waals surface area contributed by atoms with Gasteiger partial charge in [-0.1, -0.05) is 20.4 Å². The lowest BCUT2D eigenvalue weighted by atomic mass is 9.89. The van der Waals surface area contributed by atoms with Crippen LogP contribution in [0.25, 0.3) is 0 Å². The van der Waals surface area contributed by atoms with Crippen LogP contribution < -0.4 is 5.73 Å². The van der Waals surface area contributed by atoms with Gasteiger partial charge >= 0.3 is 0 Å². The van der Waals surface area contributed by atoms with Gasteiger partial charge in [-0.05, 0) is 18.9 Å². The maximum atomic E-state index is 11.1. The molecule has 0 aliphatic heterocycles. The zero-order chi connectivity index (χ0) is 8.20. The first-order chi connectivity index (χ1) is 4.60. The van der Waals surface area contributed by atoms with Crippen LogP contribution in [0, 0.1) is 0 Å². The van der Waals surface area contributed by atoms with Crippen molar-refractivity contribution < 1.29 is 4.79 Å². The predicted molar refractivity (Wildman–Crippen MR) is 42.7 cm³/mol. The average molecular weight is 141 g/mol. The molecule has 0 aromatic rings. The number of rotatable bonds is 4. The molecular formula is C8H15NO. The van der Waals surface area contributed by atoms with Crippen molar-refractivity contribution in [3.8, 4) is 0 Å². The van der Waals surface area contributed by atoms with Gasteiger partial charge in [-0.25, -0.2) is 0 Å². The molecular weight excluding hydrogens is 126 g/mol. The molecule has 2 N–H and O–H groups in total. The number of carbonyl (C=O) groups excluding carboxylic acids is 1. The lowest BCUT2D eigenvalue weighted by Gasteiger charge is -2.22. The van der Waals surface area contributed by atoms with Crippen LogP contribution in [-0.2, 0) is 4.79 Å². The molecule has 2 heteroatoms. The molecule has 0 aromatic carbocycles. The Balaban J connectivity index is 4.31. The molecule has 0 aromatic heterocycles. The summed E-state index contributed by atoms with van der Waals surface area (Å²) >= 11 is 0. The number of nitrogens with two attached hydrogens (primary N) is 1. The molecule has 0 fully saturated rings. The highest BCUT2D eigenvalue weighted by molar-refractivity contribution is 5.97. The molecule has 0 saturated heterocycles. The number of hydrogen-bond acceptors (Lipinski definition) is 2. The van der Waals surface area contributed by atoms with Gasteiger partial charge in [0.1, 0.15) is 0 Å². The number of hydrogen-bond donors (Lipinski definition) is 1. The van der Waals surface area contributed by atoms with Crippen molar-refractivity contribution in [2.24, 2.45) is 5.73 Å². The van der Waals surface area contributed by atoms with Crippen LogP contribution in [0.2, 0.25) is 0 Å². The fourth-order valence-corrected chi connectivity index (χ4v) is 0.802. The van der Waals surface area contributed by atoms with Gasteiger partial charge in [-0.15, -0.1) is 0 Å². The Labute approximate surface area is 62.1 Å². The van der Waals surface area contributed by atoms with Crippen LogP contribution in [0.4, 0.5) is 0 Å². The summed E-state index contributed by atoms with van der Waals surface area (Å²) in [5.41, 5.74) is 5.06. The second-order valence-corrected chi connectivity index (χ2v) is 2.43. The lowest BCUT2D eigenvalue weighted by Crippen LogP contribution is -2.45. The largest absolute Gasteiger partial charge is 0.319 e. The van der Waals surface area contributed by atoms with Crippen LogP contribution in [0.3, 0.4) is 0 Å². The maximum absolute atomic E-state index is 11.1. The second kappa shape index (κ2) is 3.52. The van der Waals surface area contributed by atoms with Crippen molar-refractivity contribution in [2.45, 2.75) is 32.2 Å². The molecule has 58 valence electrons. The molecule has 0 bridgehead atoms. The zero-order valence-electron chi connectivity index (χ0n) is 6.68. The van der Waals surface area contributed by atoms with E-state index in [1.54, 1.807) is 0 Å². The Kier molecular flexibility index (Phi) is 3.30. The fraction of sp³-hybridized carbons (Fsp3) is 0.625. The average Bonchev–Trinajstić information content (AvgIpc) is 2.01. The molecule has 0 atom stereocenters. The molecule has 0 rings (SSSR count). The van der Waals surface area contributed by atoms with E-state index in [2.05, 4.69) is 6.58 Å². The third-order valence-electron chi connectivity index (χ3n) is 1.94. The monoisotopic (exact) mass is 141 g/mol. The van der Waals surface area contributed by atoms with E-state index in [4.69, 9.17) is 5.73 Å². The molecule has 0 unspecified atom stereocenters. The molecule has 0 amide bonds. The zero-order valence-corrected chi connectivity index (χ0v) is 6.68. The first kappa shape index (κ1) is 9.37. The SMILES string of the molecule is C=CC(=O)C(N)(CC)CC. The molecule has 0 aliphatic carbocycles. The van der Waals surface area contributed by atoms with E-state index < -0.39 is 5.54 Å². The van der Waals surface area contributed by atoms with Crippen molar-refractivity contribution in [2.75, 3.05) is 0 Å². The van der Waals surface area contributed by atoms with E-state index in [9.17, 15) is 4.79 Å². The summed E-state index contributed by atoms with van der Waals surface area (Å²) in [6.07, 6.45) is 2.65. The third-order valence-corrected chi connectivity index (χ3v) is 1.94. The standard InChI is InChI=1S/C8H15NO/c1-4-7(10)8(9,5-2)6-3/h4H,1,5-6,9H2,2-3H3. The van der Waals surface area contributed by atoms with Gasteiger partial charge < -0.3 is 5.73 Å². The first-order valence-corrected chi connectivity index (χ1v) is 3.56. The smallest absolute Gasteiger partial charge is 0.174 e. The summed E-state index contributed by atoms with van der Waals surface area (Å²) in [7, 11) is 0. The minimum atomic E-state index is -0.665. The van der Waals surface area contributed by atoms with Crippen LogP contribution in [-0.4, -0.2) is 11.3 Å². The van der Waals surface area contributed by atoms with Crippen LogP contribution in [0.5, 0.6) is 0 Å². The summed E-state index contributed by atoms with van der Waals surface area (Å²) < 4.78 is 0. The van der Waals surface area contributed by atoms with Gasteiger partial charge in [0.05, 0.1) is 5.54 Å². The normalized spacial score (nSPS) is 11.1. The van der Waals surface area contributed by atoms with Crippen molar-refractivity contribution >= 4 is 5.78 Å². The molecule has 10 heavy (non-hydrogen) atoms. The Morgan fingerprint density at radius 2 is 2.00 bits per heavy atom. The maximum Gasteiger partial charge on any atom is 0.174 e. The topological polar surface area (TPSA) is 43.1 Å². The van der Waals surface area contributed by atoms with Gasteiger partial charge in [-0.3, -0.25) is 4.79 Å². The van der Waals surface area contributed by atoms with E-state index in [1.165, 1.54) is 6.08 Å². The predicted octanol–water partition coefficient (Wildman–Crippen LogP) is 1.26. The summed E-state index contributed by atoms with van der Waals surface area (Å²) in [5, 5.41) is 0. The highest BCUT2D eigenvalue weighted by atomic mass is 16.1. The highest BCUT2D eigenvalue weighted by Crippen LogP contribution is 2.12. The molecule has 0 radical (unpaired) electrons. The summed E-state index contributed by atoms with van der Waals surface area (Å²) in [4.78, 5) is 11.1. The lowest BCUT2D eigenvalue weighted by molar-refractivity contribution is -0.119. The van der Waals surface area contributed by atoms with Crippen LogP contribution >= 0.6 is 0 Å². The highest BCUT2D eigenvalue weighted by Gasteiger charge is 2.26. The summed E-state index contributed by atoms with van der Waals surface area (Å²) in [6, 6.07) is 0. The van der Waals surface area contributed by atoms with Gasteiger partial charge in [0.25, 0.3) is 0 Å². The van der Waals surface area contributed by atoms with Crippen molar-refractivity contribution in [1.29, 1.82) is 0 Å². The minimum absolute atomic E-state index is 0.0579. The number of ketones is 1. The van der Waals surface area contributed by atoms with Crippen LogP contribution in [0.1, 0.15) is 26.7 Å². The Hall–Kier alpha value is -0.630. The van der Waals surface area contributed by atoms with Gasteiger partial charge in [0.15, 0.2) is 5.78 Å². The molecule has 0 heterocycles. The van der Waals surface area contributed by atoms with Gasteiger partial charge in [0, 0.05) is 0 Å². The van der Waals surface area contributed by atoms with E-state index >= 15 is 0 Å².